The highest BCUT2D eigenvalue weighted by atomic mass is 32.2. The molecule has 0 fully saturated rings. The molecule has 0 saturated carbocycles. The number of nitrogens with one attached hydrogen (secondary N) is 1. The van der Waals surface area contributed by atoms with Crippen molar-refractivity contribution >= 4 is 10.0 Å². The highest BCUT2D eigenvalue weighted by Crippen LogP contribution is 2.22. The molecule has 2 aromatic rings. The van der Waals surface area contributed by atoms with Crippen molar-refractivity contribution in [3.8, 4) is 11.4 Å². The summed E-state index contributed by atoms with van der Waals surface area (Å²) in [6.07, 6.45) is 3.12. The van der Waals surface area contributed by atoms with E-state index in [4.69, 9.17) is 0 Å². The minimum absolute atomic E-state index is 0.0497. The van der Waals surface area contributed by atoms with E-state index in [2.05, 4.69) is 20.8 Å². The molecule has 2 rings (SSSR count). The fraction of sp³-hybridized carbons (Fsp3) is 0.0909. The van der Waals surface area contributed by atoms with Crippen molar-refractivity contribution in [2.45, 2.75) is 4.90 Å². The lowest BCUT2D eigenvalue weighted by molar-refractivity contribution is 0.588. The summed E-state index contributed by atoms with van der Waals surface area (Å²) in [5.41, 5.74) is 0.433. The first-order valence-electron chi connectivity index (χ1n) is 4.87. The summed E-state index contributed by atoms with van der Waals surface area (Å²) in [4.78, 5) is 8.12. The molecule has 0 aliphatic rings. The predicted octanol–water partition coefficient (Wildman–Crippen LogP) is 0.852. The number of hydrogen-bond acceptors (Lipinski definition) is 4. The minimum atomic E-state index is -3.56. The molecular formula is C11H10N3O2S. The van der Waals surface area contributed by atoms with Gasteiger partial charge in [0.1, 0.15) is 4.90 Å². The summed E-state index contributed by atoms with van der Waals surface area (Å²) >= 11 is 0. The third kappa shape index (κ3) is 2.32. The zero-order chi connectivity index (χ0) is 12.3. The molecule has 87 valence electrons. The topological polar surface area (TPSA) is 72.0 Å². The van der Waals surface area contributed by atoms with E-state index in [1.807, 2.05) is 0 Å². The molecule has 0 spiro atoms. The standard InChI is InChI=1S/C11H10N3O2S/c1-12-17(15,16)10-6-3-2-5-9(10)11-13-7-4-8-14-11/h2-5,7-8,12H,1H3. The normalized spacial score (nSPS) is 11.4. The van der Waals surface area contributed by atoms with Crippen LogP contribution in [-0.4, -0.2) is 25.4 Å². The van der Waals surface area contributed by atoms with Crippen LogP contribution in [0.4, 0.5) is 0 Å². The molecule has 1 N–H and O–H groups in total. The van der Waals surface area contributed by atoms with Crippen LogP contribution in [0.2, 0.25) is 0 Å². The van der Waals surface area contributed by atoms with Crippen molar-refractivity contribution in [3.63, 3.8) is 0 Å². The van der Waals surface area contributed by atoms with Crippen molar-refractivity contribution in [3.05, 3.63) is 42.7 Å². The molecule has 1 radical (unpaired) electrons. The van der Waals surface area contributed by atoms with E-state index in [9.17, 15) is 8.42 Å². The maximum atomic E-state index is 11.8. The highest BCUT2D eigenvalue weighted by molar-refractivity contribution is 7.89. The van der Waals surface area contributed by atoms with Gasteiger partial charge in [0.2, 0.25) is 10.0 Å². The van der Waals surface area contributed by atoms with Gasteiger partial charge >= 0.3 is 0 Å². The average Bonchev–Trinajstić information content (AvgIpc) is 2.40. The third-order valence-electron chi connectivity index (χ3n) is 2.16. The summed E-state index contributed by atoms with van der Waals surface area (Å²) < 4.78 is 25.8. The van der Waals surface area contributed by atoms with E-state index >= 15 is 0 Å². The molecule has 17 heavy (non-hydrogen) atoms. The SMILES string of the molecule is CNS(=O)(=O)c1[c]cccc1-c1ncccn1. The maximum absolute atomic E-state index is 11.8. The zero-order valence-corrected chi connectivity index (χ0v) is 9.90. The fourth-order valence-electron chi connectivity index (χ4n) is 1.36. The first kappa shape index (κ1) is 11.7. The smallest absolute Gasteiger partial charge is 0.237 e. The van der Waals surface area contributed by atoms with Gasteiger partial charge in [0.25, 0.3) is 0 Å². The van der Waals surface area contributed by atoms with Gasteiger partial charge in [0, 0.05) is 24.0 Å². The number of nitrogens with zero attached hydrogens (tertiary/aromatic N) is 2. The number of aromatic nitrogens is 2. The molecule has 1 aromatic carbocycles. The predicted molar refractivity (Wildman–Crippen MR) is 62.5 cm³/mol. The monoisotopic (exact) mass is 248 g/mol. The molecule has 5 nitrogen and oxygen atoms in total. The molecule has 1 aromatic heterocycles. The maximum Gasteiger partial charge on any atom is 0.241 e. The van der Waals surface area contributed by atoms with Gasteiger partial charge in [0.05, 0.1) is 0 Å². The van der Waals surface area contributed by atoms with Crippen LogP contribution < -0.4 is 4.72 Å². The lowest BCUT2D eigenvalue weighted by atomic mass is 10.2. The lowest BCUT2D eigenvalue weighted by Gasteiger charge is -2.07. The van der Waals surface area contributed by atoms with Gasteiger partial charge in [-0.3, -0.25) is 0 Å². The van der Waals surface area contributed by atoms with Gasteiger partial charge in [-0.2, -0.15) is 0 Å². The fourth-order valence-corrected chi connectivity index (χ4v) is 2.24. The van der Waals surface area contributed by atoms with Crippen LogP contribution in [0, 0.1) is 6.07 Å². The van der Waals surface area contributed by atoms with Crippen LogP contribution in [0.25, 0.3) is 11.4 Å². The Morgan fingerprint density at radius 1 is 1.24 bits per heavy atom. The van der Waals surface area contributed by atoms with E-state index in [1.54, 1.807) is 30.6 Å². The van der Waals surface area contributed by atoms with Gasteiger partial charge in [-0.1, -0.05) is 12.1 Å². The van der Waals surface area contributed by atoms with Crippen LogP contribution in [0.1, 0.15) is 0 Å². The Morgan fingerprint density at radius 2 is 1.94 bits per heavy atom. The van der Waals surface area contributed by atoms with Gasteiger partial charge in [-0.15, -0.1) is 0 Å². The Balaban J connectivity index is 2.65. The van der Waals surface area contributed by atoms with Crippen molar-refractivity contribution in [2.24, 2.45) is 0 Å². The van der Waals surface area contributed by atoms with Crippen molar-refractivity contribution in [2.75, 3.05) is 7.05 Å². The third-order valence-corrected chi connectivity index (χ3v) is 3.57. The van der Waals surface area contributed by atoms with Crippen molar-refractivity contribution in [1.29, 1.82) is 0 Å². The highest BCUT2D eigenvalue weighted by Gasteiger charge is 2.18. The molecule has 0 atom stereocenters. The van der Waals surface area contributed by atoms with Crippen LogP contribution >= 0.6 is 0 Å². The molecule has 0 bridgehead atoms. The van der Waals surface area contributed by atoms with Crippen molar-refractivity contribution < 1.29 is 8.42 Å². The Labute approximate surface area is 99.6 Å². The van der Waals surface area contributed by atoms with Gasteiger partial charge in [-0.05, 0) is 19.2 Å². The van der Waals surface area contributed by atoms with Gasteiger partial charge < -0.3 is 0 Å². The number of sulfonamides is 1. The number of benzene rings is 1. The van der Waals surface area contributed by atoms with Gasteiger partial charge in [-0.25, -0.2) is 23.1 Å². The summed E-state index contributed by atoms with van der Waals surface area (Å²) in [5, 5.41) is 0. The van der Waals surface area contributed by atoms with Crippen LogP contribution in [0.15, 0.2) is 41.6 Å². The van der Waals surface area contributed by atoms with Crippen LogP contribution in [-0.2, 0) is 10.0 Å². The van der Waals surface area contributed by atoms with Crippen LogP contribution in [0.3, 0.4) is 0 Å². The molecular weight excluding hydrogens is 238 g/mol. The molecule has 6 heteroatoms. The van der Waals surface area contributed by atoms with E-state index in [1.165, 1.54) is 13.1 Å². The molecule has 0 unspecified atom stereocenters. The largest absolute Gasteiger partial charge is 0.241 e. The molecule has 0 amide bonds. The van der Waals surface area contributed by atoms with E-state index in [0.717, 1.165) is 0 Å². The van der Waals surface area contributed by atoms with Crippen molar-refractivity contribution in [1.82, 2.24) is 14.7 Å². The quantitative estimate of drug-likeness (QED) is 0.874. The molecule has 0 aliphatic heterocycles. The Hall–Kier alpha value is -1.79. The summed E-state index contributed by atoms with van der Waals surface area (Å²) in [6.45, 7) is 0. The molecule has 1 heterocycles. The second-order valence-corrected chi connectivity index (χ2v) is 5.02. The summed E-state index contributed by atoms with van der Waals surface area (Å²) in [6, 6.07) is 9.25. The Morgan fingerprint density at radius 3 is 2.59 bits per heavy atom. The number of rotatable bonds is 3. The Bertz CT molecular complexity index is 612. The van der Waals surface area contributed by atoms with Gasteiger partial charge in [0.15, 0.2) is 5.82 Å². The lowest BCUT2D eigenvalue weighted by Crippen LogP contribution is -2.19. The Kier molecular flexibility index (Phi) is 3.16. The first-order valence-corrected chi connectivity index (χ1v) is 6.35. The zero-order valence-electron chi connectivity index (χ0n) is 9.08. The van der Waals surface area contributed by atoms with E-state index in [-0.39, 0.29) is 4.90 Å². The summed E-state index contributed by atoms with van der Waals surface area (Å²) in [5.74, 6) is 0.359. The van der Waals surface area contributed by atoms with Crippen LogP contribution in [0.5, 0.6) is 0 Å². The minimum Gasteiger partial charge on any atom is -0.237 e. The molecule has 0 aliphatic carbocycles. The average molecular weight is 248 g/mol. The second kappa shape index (κ2) is 4.60. The summed E-state index contributed by atoms with van der Waals surface area (Å²) in [7, 11) is -2.21. The second-order valence-electron chi connectivity index (χ2n) is 3.19. The van der Waals surface area contributed by atoms with E-state index < -0.39 is 10.0 Å². The number of hydrogen-bond donors (Lipinski definition) is 1. The van der Waals surface area contributed by atoms with E-state index in [0.29, 0.717) is 11.4 Å². The molecule has 0 saturated heterocycles. The first-order chi connectivity index (χ1) is 8.15.